The summed E-state index contributed by atoms with van der Waals surface area (Å²) in [4.78, 5) is 0. The predicted octanol–water partition coefficient (Wildman–Crippen LogP) is 3.00. The predicted molar refractivity (Wildman–Crippen MR) is 62.0 cm³/mol. The van der Waals surface area contributed by atoms with E-state index in [1.807, 2.05) is 12.3 Å². The highest BCUT2D eigenvalue weighted by Crippen LogP contribution is 2.07. The van der Waals surface area contributed by atoms with E-state index >= 15 is 0 Å². The number of nitrogens with one attached hydrogen (secondary N) is 1. The molecule has 0 heterocycles. The molecule has 2 nitrogen and oxygen atoms in total. The van der Waals surface area contributed by atoms with E-state index in [-0.39, 0.29) is 0 Å². The van der Waals surface area contributed by atoms with Gasteiger partial charge in [-0.15, -0.1) is 0 Å². The highest BCUT2D eigenvalue weighted by molar-refractivity contribution is 5.24. The van der Waals surface area contributed by atoms with E-state index in [1.54, 1.807) is 13.2 Å². The summed E-state index contributed by atoms with van der Waals surface area (Å²) >= 11 is 0. The van der Waals surface area contributed by atoms with Gasteiger partial charge in [-0.25, -0.2) is 0 Å². The summed E-state index contributed by atoms with van der Waals surface area (Å²) in [5.74, 6) is 0.802. The summed E-state index contributed by atoms with van der Waals surface area (Å²) in [6, 6.07) is 0. The van der Waals surface area contributed by atoms with Crippen LogP contribution >= 0.6 is 0 Å². The first-order valence-electron chi connectivity index (χ1n) is 5.09. The molecule has 0 aliphatic heterocycles. The number of ether oxygens (including phenoxy) is 1. The fourth-order valence-corrected chi connectivity index (χ4v) is 0.977. The van der Waals surface area contributed by atoms with Crippen molar-refractivity contribution in [3.05, 3.63) is 36.3 Å². The lowest BCUT2D eigenvalue weighted by Gasteiger charge is -2.03. The monoisotopic (exact) mass is 195 g/mol. The van der Waals surface area contributed by atoms with E-state index in [0.717, 1.165) is 25.1 Å². The average molecular weight is 195 g/mol. The zero-order valence-electron chi connectivity index (χ0n) is 9.47. The molecule has 0 aromatic carbocycles. The fraction of sp³-hybridized carbons (Fsp3) is 0.500. The Balaban J connectivity index is 4.31. The van der Waals surface area contributed by atoms with Crippen molar-refractivity contribution < 1.29 is 4.74 Å². The highest BCUT2D eigenvalue weighted by atomic mass is 16.5. The second-order valence-electron chi connectivity index (χ2n) is 2.98. The lowest BCUT2D eigenvalue weighted by molar-refractivity contribution is 0.306. The van der Waals surface area contributed by atoms with Crippen LogP contribution in [0.2, 0.25) is 0 Å². The molecule has 80 valence electrons. The smallest absolute Gasteiger partial charge is 0.118 e. The van der Waals surface area contributed by atoms with Crippen LogP contribution in [0.4, 0.5) is 0 Å². The zero-order valence-corrected chi connectivity index (χ0v) is 9.47. The molecule has 0 aromatic heterocycles. The number of hydrogen-bond donors (Lipinski definition) is 1. The van der Waals surface area contributed by atoms with Crippen molar-refractivity contribution in [1.82, 2.24) is 5.32 Å². The normalized spacial score (nSPS) is 12.5. The van der Waals surface area contributed by atoms with E-state index in [0.29, 0.717) is 0 Å². The molecule has 0 rings (SSSR count). The van der Waals surface area contributed by atoms with Crippen molar-refractivity contribution in [2.24, 2.45) is 0 Å². The summed E-state index contributed by atoms with van der Waals surface area (Å²) in [5, 5.41) is 3.24. The Kier molecular flexibility index (Phi) is 7.71. The molecule has 0 atom stereocenters. The lowest BCUT2D eigenvalue weighted by Crippen LogP contribution is -2.06. The maximum atomic E-state index is 5.11. The van der Waals surface area contributed by atoms with Gasteiger partial charge in [-0.05, 0) is 36.8 Å². The third-order valence-corrected chi connectivity index (χ3v) is 1.85. The Morgan fingerprint density at radius 2 is 2.14 bits per heavy atom. The van der Waals surface area contributed by atoms with Crippen molar-refractivity contribution in [2.75, 3.05) is 13.7 Å². The summed E-state index contributed by atoms with van der Waals surface area (Å²) in [6.07, 6.45) is 7.86. The Morgan fingerprint density at radius 1 is 1.43 bits per heavy atom. The second-order valence-corrected chi connectivity index (χ2v) is 2.98. The van der Waals surface area contributed by atoms with Crippen LogP contribution in [-0.4, -0.2) is 13.7 Å². The number of hydrogen-bond acceptors (Lipinski definition) is 2. The number of methoxy groups -OCH3 is 1. The third-order valence-electron chi connectivity index (χ3n) is 1.85. The minimum Gasteiger partial charge on any atom is -0.497 e. The van der Waals surface area contributed by atoms with Crippen LogP contribution in [0.25, 0.3) is 0 Å². The zero-order chi connectivity index (χ0) is 10.8. The first-order chi connectivity index (χ1) is 6.78. The molecule has 0 radical (unpaired) electrons. The van der Waals surface area contributed by atoms with Crippen molar-refractivity contribution >= 4 is 0 Å². The van der Waals surface area contributed by atoms with E-state index in [9.17, 15) is 0 Å². The van der Waals surface area contributed by atoms with Crippen molar-refractivity contribution in [2.45, 2.75) is 26.7 Å². The van der Waals surface area contributed by atoms with Crippen LogP contribution in [0.5, 0.6) is 0 Å². The van der Waals surface area contributed by atoms with Gasteiger partial charge in [-0.3, -0.25) is 0 Å². The third kappa shape index (κ3) is 5.46. The average Bonchev–Trinajstić information content (AvgIpc) is 2.23. The first kappa shape index (κ1) is 12.8. The van der Waals surface area contributed by atoms with Gasteiger partial charge in [0.1, 0.15) is 5.76 Å². The first-order valence-corrected chi connectivity index (χ1v) is 5.09. The molecule has 0 aromatic rings. The van der Waals surface area contributed by atoms with Crippen LogP contribution in [0.3, 0.4) is 0 Å². The van der Waals surface area contributed by atoms with Gasteiger partial charge in [0.15, 0.2) is 0 Å². The van der Waals surface area contributed by atoms with Gasteiger partial charge < -0.3 is 10.1 Å². The molecule has 0 aliphatic carbocycles. The Labute approximate surface area is 87.3 Å². The highest BCUT2D eigenvalue weighted by Gasteiger charge is 1.92. The van der Waals surface area contributed by atoms with E-state index < -0.39 is 0 Å². The molecule has 14 heavy (non-hydrogen) atoms. The van der Waals surface area contributed by atoms with Crippen LogP contribution < -0.4 is 5.32 Å². The molecule has 0 saturated carbocycles. The standard InChI is InChI=1S/C12H21NO/c1-5-8-13-10-11(6-2)9-12(7-3)14-4/h7,9-10,13H,3,5-6,8H2,1-2,4H3/b11-10+,12-9+. The van der Waals surface area contributed by atoms with Gasteiger partial charge >= 0.3 is 0 Å². The molecule has 1 N–H and O–H groups in total. The van der Waals surface area contributed by atoms with Gasteiger partial charge in [0, 0.05) is 6.54 Å². The molecule has 0 saturated heterocycles. The molecule has 0 spiro atoms. The molecule has 0 aliphatic rings. The molecule has 0 bridgehead atoms. The van der Waals surface area contributed by atoms with E-state index in [2.05, 4.69) is 25.7 Å². The second kappa shape index (κ2) is 8.42. The Hall–Kier alpha value is -1.18. The quantitative estimate of drug-likeness (QED) is 0.383. The van der Waals surface area contributed by atoms with Gasteiger partial charge in [-0.1, -0.05) is 20.4 Å². The van der Waals surface area contributed by atoms with Crippen LogP contribution in [-0.2, 0) is 4.74 Å². The summed E-state index contributed by atoms with van der Waals surface area (Å²) in [6.45, 7) is 8.95. The van der Waals surface area contributed by atoms with E-state index in [1.165, 1.54) is 5.57 Å². The maximum absolute atomic E-state index is 5.11. The molecule has 0 fully saturated rings. The maximum Gasteiger partial charge on any atom is 0.118 e. The van der Waals surface area contributed by atoms with Crippen LogP contribution in [0.1, 0.15) is 26.7 Å². The molecule has 0 unspecified atom stereocenters. The lowest BCUT2D eigenvalue weighted by atomic mass is 10.2. The molecule has 2 heteroatoms. The van der Waals surface area contributed by atoms with Crippen molar-refractivity contribution in [3.63, 3.8) is 0 Å². The van der Waals surface area contributed by atoms with Gasteiger partial charge in [-0.2, -0.15) is 0 Å². The van der Waals surface area contributed by atoms with Gasteiger partial charge in [0.05, 0.1) is 7.11 Å². The number of rotatable bonds is 7. The van der Waals surface area contributed by atoms with Crippen molar-refractivity contribution in [3.8, 4) is 0 Å². The van der Waals surface area contributed by atoms with Gasteiger partial charge in [0.2, 0.25) is 0 Å². The largest absolute Gasteiger partial charge is 0.497 e. The minimum atomic E-state index is 0.802. The van der Waals surface area contributed by atoms with Crippen molar-refractivity contribution in [1.29, 1.82) is 0 Å². The summed E-state index contributed by atoms with van der Waals surface area (Å²) in [5.41, 5.74) is 1.22. The Bertz CT molecular complexity index is 216. The SMILES string of the molecule is C=C/C(=C\C(=C\NCCC)CC)OC. The van der Waals surface area contributed by atoms with Crippen LogP contribution in [0, 0.1) is 0 Å². The Morgan fingerprint density at radius 3 is 2.57 bits per heavy atom. The molecule has 0 amide bonds. The molecular weight excluding hydrogens is 174 g/mol. The van der Waals surface area contributed by atoms with Crippen LogP contribution in [0.15, 0.2) is 36.3 Å². The van der Waals surface area contributed by atoms with Gasteiger partial charge in [0.25, 0.3) is 0 Å². The fourth-order valence-electron chi connectivity index (χ4n) is 0.977. The minimum absolute atomic E-state index is 0.802. The van der Waals surface area contributed by atoms with E-state index in [4.69, 9.17) is 4.74 Å². The molecular formula is C12H21NO. The topological polar surface area (TPSA) is 21.3 Å². The number of allylic oxidation sites excluding steroid dienone is 3. The summed E-state index contributed by atoms with van der Waals surface area (Å²) in [7, 11) is 1.65. The summed E-state index contributed by atoms with van der Waals surface area (Å²) < 4.78 is 5.11.